The van der Waals surface area contributed by atoms with Crippen molar-refractivity contribution in [2.75, 3.05) is 0 Å². The zero-order valence-electron chi connectivity index (χ0n) is 16.5. The van der Waals surface area contributed by atoms with Crippen molar-refractivity contribution in [3.63, 3.8) is 0 Å². The van der Waals surface area contributed by atoms with Crippen LogP contribution >= 0.6 is 0 Å². The van der Waals surface area contributed by atoms with Crippen LogP contribution in [-0.4, -0.2) is 23.0 Å². The van der Waals surface area contributed by atoms with Gasteiger partial charge in [-0.25, -0.2) is 4.79 Å². The molecule has 3 aromatic carbocycles. The van der Waals surface area contributed by atoms with Gasteiger partial charge >= 0.3 is 5.97 Å². The van der Waals surface area contributed by atoms with Gasteiger partial charge in [-0.3, -0.25) is 4.79 Å². The third kappa shape index (κ3) is 3.54. The van der Waals surface area contributed by atoms with Crippen molar-refractivity contribution < 1.29 is 14.7 Å². The maximum atomic E-state index is 13.2. The van der Waals surface area contributed by atoms with E-state index in [9.17, 15) is 14.7 Å². The summed E-state index contributed by atoms with van der Waals surface area (Å²) in [6, 6.07) is 20.5. The fraction of sp³-hybridized carbons (Fsp3) is 0.200. The molecule has 1 aliphatic rings. The van der Waals surface area contributed by atoms with Crippen LogP contribution in [0.5, 0.6) is 0 Å². The van der Waals surface area contributed by atoms with Crippen molar-refractivity contribution in [1.82, 2.24) is 5.32 Å². The minimum Gasteiger partial charge on any atom is -0.480 e. The van der Waals surface area contributed by atoms with Gasteiger partial charge in [-0.2, -0.15) is 0 Å². The average molecular weight is 385 g/mol. The van der Waals surface area contributed by atoms with E-state index in [2.05, 4.69) is 5.32 Å². The van der Waals surface area contributed by atoms with Crippen LogP contribution in [0.2, 0.25) is 0 Å². The lowest BCUT2D eigenvalue weighted by atomic mass is 9.95. The van der Waals surface area contributed by atoms with Gasteiger partial charge in [0.25, 0.3) is 0 Å². The van der Waals surface area contributed by atoms with Crippen LogP contribution < -0.4 is 5.32 Å². The summed E-state index contributed by atoms with van der Waals surface area (Å²) >= 11 is 0. The van der Waals surface area contributed by atoms with E-state index >= 15 is 0 Å². The number of hydrogen-bond acceptors (Lipinski definition) is 2. The molecular weight excluding hydrogens is 362 g/mol. The fourth-order valence-electron chi connectivity index (χ4n) is 4.06. The van der Waals surface area contributed by atoms with Gasteiger partial charge in [0.05, 0.1) is 5.92 Å². The van der Waals surface area contributed by atoms with Crippen molar-refractivity contribution in [3.8, 4) is 11.1 Å². The molecule has 146 valence electrons. The Morgan fingerprint density at radius 1 is 0.897 bits per heavy atom. The van der Waals surface area contributed by atoms with Crippen molar-refractivity contribution >= 4 is 11.9 Å². The maximum Gasteiger partial charge on any atom is 0.326 e. The number of aryl methyl sites for hydroxylation is 2. The average Bonchev–Trinajstić information content (AvgIpc) is 3.04. The Morgan fingerprint density at radius 3 is 2.03 bits per heavy atom. The Bertz CT molecular complexity index is 1060. The zero-order chi connectivity index (χ0) is 20.5. The van der Waals surface area contributed by atoms with Crippen LogP contribution in [-0.2, 0) is 16.0 Å². The Morgan fingerprint density at radius 2 is 1.48 bits per heavy atom. The lowest BCUT2D eigenvalue weighted by molar-refractivity contribution is -0.141. The Balaban J connectivity index is 1.61. The first kappa shape index (κ1) is 18.9. The largest absolute Gasteiger partial charge is 0.480 e. The summed E-state index contributed by atoms with van der Waals surface area (Å²) in [6.07, 6.45) is 0.248. The number of carbonyl (C=O) groups is 2. The third-order valence-corrected chi connectivity index (χ3v) is 5.72. The third-order valence-electron chi connectivity index (χ3n) is 5.72. The van der Waals surface area contributed by atoms with Crippen LogP contribution in [0.3, 0.4) is 0 Å². The lowest BCUT2D eigenvalue weighted by Crippen LogP contribution is -2.44. The number of nitrogens with one attached hydrogen (secondary N) is 1. The maximum absolute atomic E-state index is 13.2. The smallest absolute Gasteiger partial charge is 0.326 e. The highest BCUT2D eigenvalue weighted by molar-refractivity contribution is 5.97. The van der Waals surface area contributed by atoms with Gasteiger partial charge in [-0.05, 0) is 52.8 Å². The summed E-state index contributed by atoms with van der Waals surface area (Å²) in [5.41, 5.74) is 7.06. The van der Waals surface area contributed by atoms with E-state index in [0.29, 0.717) is 0 Å². The summed E-state index contributed by atoms with van der Waals surface area (Å²) in [4.78, 5) is 25.1. The highest BCUT2D eigenvalue weighted by Gasteiger charge is 2.35. The summed E-state index contributed by atoms with van der Waals surface area (Å²) in [6.45, 7) is 4.02. The molecule has 4 rings (SSSR count). The molecule has 0 saturated heterocycles. The first-order chi connectivity index (χ1) is 14.0. The topological polar surface area (TPSA) is 66.4 Å². The van der Waals surface area contributed by atoms with Crippen molar-refractivity contribution in [3.05, 3.63) is 94.5 Å². The summed E-state index contributed by atoms with van der Waals surface area (Å²) in [5.74, 6) is -1.81. The molecule has 0 aliphatic heterocycles. The molecule has 0 saturated carbocycles. The van der Waals surface area contributed by atoms with Gasteiger partial charge in [0, 0.05) is 6.42 Å². The summed E-state index contributed by atoms with van der Waals surface area (Å²) in [7, 11) is 0. The minimum absolute atomic E-state index is 0.248. The normalized spacial score (nSPS) is 13.4. The quantitative estimate of drug-likeness (QED) is 0.691. The Kier molecular flexibility index (Phi) is 4.93. The molecule has 1 amide bonds. The molecule has 0 bridgehead atoms. The van der Waals surface area contributed by atoms with Gasteiger partial charge in [0.15, 0.2) is 0 Å². The molecule has 0 radical (unpaired) electrons. The van der Waals surface area contributed by atoms with Crippen LogP contribution in [0.4, 0.5) is 0 Å². The van der Waals surface area contributed by atoms with E-state index in [0.717, 1.165) is 38.9 Å². The molecule has 29 heavy (non-hydrogen) atoms. The van der Waals surface area contributed by atoms with E-state index in [1.807, 2.05) is 80.6 Å². The van der Waals surface area contributed by atoms with E-state index in [-0.39, 0.29) is 12.3 Å². The number of amides is 1. The number of aliphatic carboxylic acids is 1. The zero-order valence-corrected chi connectivity index (χ0v) is 16.5. The molecule has 3 aromatic rings. The first-order valence-electron chi connectivity index (χ1n) is 9.73. The van der Waals surface area contributed by atoms with Gasteiger partial charge in [0.1, 0.15) is 6.04 Å². The molecule has 4 nitrogen and oxygen atoms in total. The van der Waals surface area contributed by atoms with Gasteiger partial charge in [-0.15, -0.1) is 0 Å². The fourth-order valence-corrected chi connectivity index (χ4v) is 4.06. The van der Waals surface area contributed by atoms with Crippen LogP contribution in [0.15, 0.2) is 66.7 Å². The second kappa shape index (κ2) is 7.55. The van der Waals surface area contributed by atoms with Crippen LogP contribution in [0, 0.1) is 13.8 Å². The second-order valence-electron chi connectivity index (χ2n) is 7.63. The number of hydrogen-bond donors (Lipinski definition) is 2. The number of carboxylic acid groups (broad SMARTS) is 1. The summed E-state index contributed by atoms with van der Waals surface area (Å²) in [5, 5.41) is 12.5. The van der Waals surface area contributed by atoms with E-state index < -0.39 is 17.9 Å². The molecule has 0 unspecified atom stereocenters. The molecule has 4 heteroatoms. The highest BCUT2D eigenvalue weighted by Crippen LogP contribution is 2.44. The van der Waals surface area contributed by atoms with Gasteiger partial charge < -0.3 is 10.4 Å². The van der Waals surface area contributed by atoms with Crippen molar-refractivity contribution in [2.45, 2.75) is 32.2 Å². The number of fused-ring (bicyclic) bond motifs is 3. The molecular formula is C25H23NO3. The van der Waals surface area contributed by atoms with Crippen LogP contribution in [0.1, 0.15) is 33.7 Å². The number of benzene rings is 3. The molecule has 0 heterocycles. The predicted molar refractivity (Wildman–Crippen MR) is 113 cm³/mol. The highest BCUT2D eigenvalue weighted by atomic mass is 16.4. The SMILES string of the molecule is Cc1ccc(C[C@@H](NC(=O)C2c3ccccc3-c3ccccc32)C(=O)O)cc1C. The summed E-state index contributed by atoms with van der Waals surface area (Å²) < 4.78 is 0. The van der Waals surface area contributed by atoms with Crippen LogP contribution in [0.25, 0.3) is 11.1 Å². The first-order valence-corrected chi connectivity index (χ1v) is 9.73. The second-order valence-corrected chi connectivity index (χ2v) is 7.63. The van der Waals surface area contributed by atoms with Gasteiger partial charge in [0.2, 0.25) is 5.91 Å². The van der Waals surface area contributed by atoms with E-state index in [1.54, 1.807) is 0 Å². The van der Waals surface area contributed by atoms with Crippen molar-refractivity contribution in [1.29, 1.82) is 0 Å². The molecule has 0 aromatic heterocycles. The molecule has 0 spiro atoms. The molecule has 2 N–H and O–H groups in total. The number of carboxylic acids is 1. The predicted octanol–water partition coefficient (Wildman–Crippen LogP) is 4.23. The minimum atomic E-state index is -1.03. The van der Waals surface area contributed by atoms with E-state index in [1.165, 1.54) is 0 Å². The Hall–Kier alpha value is -3.40. The monoisotopic (exact) mass is 385 g/mol. The van der Waals surface area contributed by atoms with E-state index in [4.69, 9.17) is 0 Å². The Labute approximate surface area is 170 Å². The standard InChI is InChI=1S/C25H23NO3/c1-15-11-12-17(13-16(15)2)14-22(25(28)29)26-24(27)23-20-9-5-3-7-18(20)19-8-4-6-10-21(19)23/h3-13,22-23H,14H2,1-2H3,(H,26,27)(H,28,29)/t22-/m1/s1. The molecule has 1 atom stereocenters. The molecule has 1 aliphatic carbocycles. The number of carbonyl (C=O) groups excluding carboxylic acids is 1. The van der Waals surface area contributed by atoms with Crippen molar-refractivity contribution in [2.24, 2.45) is 0 Å². The van der Waals surface area contributed by atoms with Gasteiger partial charge in [-0.1, -0.05) is 66.7 Å². The molecule has 0 fully saturated rings. The lowest BCUT2D eigenvalue weighted by Gasteiger charge is -2.19. The number of rotatable bonds is 5.